The number of hydrogen-bond donors (Lipinski definition) is 0. The number of hydrogen-bond acceptors (Lipinski definition) is 2. The van der Waals surface area contributed by atoms with E-state index in [2.05, 4.69) is 4.40 Å². The molecule has 0 aromatic heterocycles. The van der Waals surface area contributed by atoms with Crippen molar-refractivity contribution in [3.05, 3.63) is 0 Å². The molecule has 0 saturated heterocycles. The third kappa shape index (κ3) is 3.24. The molecule has 0 amide bonds. The summed E-state index contributed by atoms with van der Waals surface area (Å²) in [6, 6.07) is 0. The third-order valence-electron chi connectivity index (χ3n) is 1.09. The minimum absolute atomic E-state index is 0.444. The van der Waals surface area contributed by atoms with Crippen LogP contribution < -0.4 is 0 Å². The Bertz CT molecular complexity index is 213. The van der Waals surface area contributed by atoms with Gasteiger partial charge in [0.05, 0.1) is 6.26 Å². The second-order valence-corrected chi connectivity index (χ2v) is 4.00. The fraction of sp³-hybridized carbons (Fsp3) is 0.800. The Balaban J connectivity index is 2.48. The summed E-state index contributed by atoms with van der Waals surface area (Å²) in [5, 5.41) is 0. The molecular formula is C5H9NO2S. The molecule has 0 aromatic carbocycles. The van der Waals surface area contributed by atoms with Crippen LogP contribution in [0.25, 0.3) is 0 Å². The maximum atomic E-state index is 10.4. The smallest absolute Gasteiger partial charge is 0.205 e. The van der Waals surface area contributed by atoms with Crippen LogP contribution in [0, 0.1) is 5.92 Å². The Kier molecular flexibility index (Phi) is 1.57. The molecule has 0 aromatic rings. The summed E-state index contributed by atoms with van der Waals surface area (Å²) >= 11 is 0. The Morgan fingerprint density at radius 3 is 2.44 bits per heavy atom. The molecular weight excluding hydrogens is 138 g/mol. The molecule has 3 nitrogen and oxygen atoms in total. The Morgan fingerprint density at radius 1 is 1.56 bits per heavy atom. The Hall–Kier alpha value is -0.380. The zero-order chi connectivity index (χ0) is 6.91. The minimum Gasteiger partial charge on any atom is -0.205 e. The minimum atomic E-state index is -3.11. The molecule has 0 atom stereocenters. The summed E-state index contributed by atoms with van der Waals surface area (Å²) in [5.74, 6) is 0.444. The summed E-state index contributed by atoms with van der Waals surface area (Å²) in [6.07, 6.45) is 4.82. The molecule has 52 valence electrons. The van der Waals surface area contributed by atoms with Gasteiger partial charge in [-0.15, -0.1) is 0 Å². The van der Waals surface area contributed by atoms with Crippen LogP contribution in [0.2, 0.25) is 0 Å². The molecule has 0 aliphatic heterocycles. The van der Waals surface area contributed by atoms with Crippen LogP contribution >= 0.6 is 0 Å². The first-order valence-electron chi connectivity index (χ1n) is 2.83. The number of sulfonamides is 1. The van der Waals surface area contributed by atoms with E-state index in [1.807, 2.05) is 0 Å². The van der Waals surface area contributed by atoms with E-state index in [1.165, 1.54) is 6.21 Å². The van der Waals surface area contributed by atoms with Crippen molar-refractivity contribution in [3.8, 4) is 0 Å². The second-order valence-electron chi connectivity index (χ2n) is 2.32. The lowest BCUT2D eigenvalue weighted by Crippen LogP contribution is -1.90. The summed E-state index contributed by atoms with van der Waals surface area (Å²) in [4.78, 5) is 0. The second kappa shape index (κ2) is 2.10. The van der Waals surface area contributed by atoms with Gasteiger partial charge in [-0.1, -0.05) is 0 Å². The average molecular weight is 147 g/mol. The highest BCUT2D eigenvalue weighted by Gasteiger charge is 2.18. The van der Waals surface area contributed by atoms with E-state index in [9.17, 15) is 8.42 Å². The van der Waals surface area contributed by atoms with Crippen LogP contribution in [0.5, 0.6) is 0 Å². The van der Waals surface area contributed by atoms with E-state index in [4.69, 9.17) is 0 Å². The van der Waals surface area contributed by atoms with Gasteiger partial charge in [0.2, 0.25) is 10.0 Å². The summed E-state index contributed by atoms with van der Waals surface area (Å²) in [7, 11) is -3.11. The number of nitrogens with zero attached hydrogens (tertiary/aromatic N) is 1. The standard InChI is InChI=1S/C5H9NO2S/c1-9(7,8)6-4-5-2-3-5/h4-5H,2-3H2,1H3. The fourth-order valence-electron chi connectivity index (χ4n) is 0.442. The van der Waals surface area contributed by atoms with Crippen molar-refractivity contribution in [1.82, 2.24) is 0 Å². The lowest BCUT2D eigenvalue weighted by molar-refractivity contribution is 0.604. The van der Waals surface area contributed by atoms with Crippen molar-refractivity contribution in [1.29, 1.82) is 0 Å². The molecule has 4 heteroatoms. The molecule has 0 N–H and O–H groups in total. The quantitative estimate of drug-likeness (QED) is 0.531. The molecule has 0 heterocycles. The van der Waals surface area contributed by atoms with Gasteiger partial charge in [0.25, 0.3) is 0 Å². The maximum Gasteiger partial charge on any atom is 0.249 e. The van der Waals surface area contributed by atoms with E-state index >= 15 is 0 Å². The van der Waals surface area contributed by atoms with Crippen LogP contribution in [-0.4, -0.2) is 20.9 Å². The van der Waals surface area contributed by atoms with Gasteiger partial charge in [-0.25, -0.2) is 8.42 Å². The monoisotopic (exact) mass is 147 g/mol. The highest BCUT2D eigenvalue weighted by atomic mass is 32.2. The lowest BCUT2D eigenvalue weighted by atomic mass is 10.5. The molecule has 1 aliphatic carbocycles. The number of rotatable bonds is 2. The zero-order valence-electron chi connectivity index (χ0n) is 5.24. The van der Waals surface area contributed by atoms with Crippen LogP contribution in [0.3, 0.4) is 0 Å². The van der Waals surface area contributed by atoms with Gasteiger partial charge >= 0.3 is 0 Å². The molecule has 0 bridgehead atoms. The van der Waals surface area contributed by atoms with Gasteiger partial charge in [-0.2, -0.15) is 4.40 Å². The molecule has 0 spiro atoms. The highest BCUT2D eigenvalue weighted by Crippen LogP contribution is 2.26. The zero-order valence-corrected chi connectivity index (χ0v) is 6.06. The van der Waals surface area contributed by atoms with E-state index in [1.54, 1.807) is 0 Å². The summed E-state index contributed by atoms with van der Waals surface area (Å²) in [5.41, 5.74) is 0. The van der Waals surface area contributed by atoms with Crippen molar-refractivity contribution in [2.75, 3.05) is 6.26 Å². The van der Waals surface area contributed by atoms with Crippen LogP contribution in [-0.2, 0) is 10.0 Å². The van der Waals surface area contributed by atoms with Crippen LogP contribution in [0.1, 0.15) is 12.8 Å². The molecule has 1 fully saturated rings. The third-order valence-corrected chi connectivity index (χ3v) is 1.59. The van der Waals surface area contributed by atoms with Crippen LogP contribution in [0.15, 0.2) is 4.40 Å². The van der Waals surface area contributed by atoms with Crippen molar-refractivity contribution in [2.24, 2.45) is 10.3 Å². The molecule has 1 saturated carbocycles. The van der Waals surface area contributed by atoms with E-state index in [-0.39, 0.29) is 0 Å². The van der Waals surface area contributed by atoms with Gasteiger partial charge < -0.3 is 0 Å². The van der Waals surface area contributed by atoms with Gasteiger partial charge in [-0.3, -0.25) is 0 Å². The van der Waals surface area contributed by atoms with Gasteiger partial charge in [0.15, 0.2) is 0 Å². The van der Waals surface area contributed by atoms with Gasteiger partial charge in [0, 0.05) is 6.21 Å². The van der Waals surface area contributed by atoms with Gasteiger partial charge in [0.1, 0.15) is 0 Å². The normalized spacial score (nSPS) is 21.0. The van der Waals surface area contributed by atoms with Crippen molar-refractivity contribution >= 4 is 16.2 Å². The topological polar surface area (TPSA) is 46.5 Å². The van der Waals surface area contributed by atoms with E-state index in [0.29, 0.717) is 5.92 Å². The predicted octanol–water partition coefficient (Wildman–Crippen LogP) is 0.427. The molecule has 0 radical (unpaired) electrons. The van der Waals surface area contributed by atoms with Crippen molar-refractivity contribution in [3.63, 3.8) is 0 Å². The molecule has 1 aliphatic rings. The first kappa shape index (κ1) is 6.74. The SMILES string of the molecule is CS(=O)(=O)N=CC1CC1. The maximum absolute atomic E-state index is 10.4. The molecule has 0 unspecified atom stereocenters. The predicted molar refractivity (Wildman–Crippen MR) is 36.1 cm³/mol. The largest absolute Gasteiger partial charge is 0.249 e. The van der Waals surface area contributed by atoms with Gasteiger partial charge in [-0.05, 0) is 18.8 Å². The Morgan fingerprint density at radius 2 is 2.11 bits per heavy atom. The fourth-order valence-corrected chi connectivity index (χ4v) is 0.835. The van der Waals surface area contributed by atoms with E-state index in [0.717, 1.165) is 19.1 Å². The van der Waals surface area contributed by atoms with Crippen molar-refractivity contribution < 1.29 is 8.42 Å². The summed E-state index contributed by atoms with van der Waals surface area (Å²) in [6.45, 7) is 0. The van der Waals surface area contributed by atoms with Crippen molar-refractivity contribution in [2.45, 2.75) is 12.8 Å². The van der Waals surface area contributed by atoms with Crippen LogP contribution in [0.4, 0.5) is 0 Å². The molecule has 9 heavy (non-hydrogen) atoms. The lowest BCUT2D eigenvalue weighted by Gasteiger charge is -1.82. The first-order valence-corrected chi connectivity index (χ1v) is 4.68. The Labute approximate surface area is 54.8 Å². The average Bonchev–Trinajstić information content (AvgIpc) is 2.38. The van der Waals surface area contributed by atoms with E-state index < -0.39 is 10.0 Å². The first-order chi connectivity index (χ1) is 4.08. The highest BCUT2D eigenvalue weighted by molar-refractivity contribution is 7.89. The molecule has 1 rings (SSSR count). The summed E-state index contributed by atoms with van der Waals surface area (Å²) < 4.78 is 24.1.